The maximum Gasteiger partial charge on any atom is 0.159 e. The minimum Gasteiger partial charge on any atom is -0.496 e. The van der Waals surface area contributed by atoms with Crippen LogP contribution in [0, 0.1) is 13.8 Å². The molecule has 84 valence electrons. The van der Waals surface area contributed by atoms with Gasteiger partial charge in [-0.2, -0.15) is 0 Å². The van der Waals surface area contributed by atoms with E-state index in [-0.39, 0.29) is 0 Å². The van der Waals surface area contributed by atoms with Gasteiger partial charge in [0.25, 0.3) is 0 Å². The SMILES string of the molecule is COc1c(C)cc(C)cc1-c1csc(Br)n1. The number of hydrogen-bond donors (Lipinski definition) is 0. The number of hydrogen-bond acceptors (Lipinski definition) is 3. The maximum atomic E-state index is 5.44. The van der Waals surface area contributed by atoms with Crippen molar-refractivity contribution in [3.63, 3.8) is 0 Å². The van der Waals surface area contributed by atoms with Crippen LogP contribution in [0.1, 0.15) is 11.1 Å². The lowest BCUT2D eigenvalue weighted by atomic mass is 10.0. The second kappa shape index (κ2) is 4.55. The first kappa shape index (κ1) is 11.6. The molecule has 4 heteroatoms. The normalized spacial score (nSPS) is 10.5. The lowest BCUT2D eigenvalue weighted by Crippen LogP contribution is -1.92. The van der Waals surface area contributed by atoms with Crippen molar-refractivity contribution in [1.82, 2.24) is 4.98 Å². The van der Waals surface area contributed by atoms with Crippen LogP contribution in [0.3, 0.4) is 0 Å². The van der Waals surface area contributed by atoms with Crippen LogP contribution < -0.4 is 4.74 Å². The van der Waals surface area contributed by atoms with Gasteiger partial charge < -0.3 is 4.74 Å². The number of ether oxygens (including phenoxy) is 1. The number of aromatic nitrogens is 1. The van der Waals surface area contributed by atoms with Crippen LogP contribution >= 0.6 is 27.3 Å². The summed E-state index contributed by atoms with van der Waals surface area (Å²) < 4.78 is 6.34. The van der Waals surface area contributed by atoms with Gasteiger partial charge in [-0.25, -0.2) is 4.98 Å². The molecule has 0 aliphatic carbocycles. The summed E-state index contributed by atoms with van der Waals surface area (Å²) in [5, 5.41) is 2.03. The van der Waals surface area contributed by atoms with E-state index in [0.717, 1.165) is 26.5 Å². The molecule has 0 saturated heterocycles. The van der Waals surface area contributed by atoms with Crippen LogP contribution in [0.5, 0.6) is 5.75 Å². The summed E-state index contributed by atoms with van der Waals surface area (Å²) in [6.07, 6.45) is 0. The van der Waals surface area contributed by atoms with E-state index in [2.05, 4.69) is 46.9 Å². The molecule has 0 unspecified atom stereocenters. The Kier molecular flexibility index (Phi) is 3.30. The molecule has 2 nitrogen and oxygen atoms in total. The molecule has 0 spiro atoms. The molecule has 1 heterocycles. The Labute approximate surface area is 107 Å². The summed E-state index contributed by atoms with van der Waals surface area (Å²) in [6, 6.07) is 4.22. The van der Waals surface area contributed by atoms with Crippen molar-refractivity contribution in [3.8, 4) is 17.0 Å². The van der Waals surface area contributed by atoms with E-state index in [1.165, 1.54) is 5.56 Å². The van der Waals surface area contributed by atoms with Gasteiger partial charge in [0.2, 0.25) is 0 Å². The van der Waals surface area contributed by atoms with Crippen molar-refractivity contribution in [2.75, 3.05) is 7.11 Å². The molecule has 0 fully saturated rings. The van der Waals surface area contributed by atoms with Gasteiger partial charge in [0.15, 0.2) is 3.92 Å². The van der Waals surface area contributed by atoms with Gasteiger partial charge in [-0.3, -0.25) is 0 Å². The minimum absolute atomic E-state index is 0.892. The lowest BCUT2D eigenvalue weighted by Gasteiger charge is -2.10. The molecule has 1 aromatic heterocycles. The zero-order valence-corrected chi connectivity index (χ0v) is 11.8. The first-order valence-corrected chi connectivity index (χ1v) is 6.55. The van der Waals surface area contributed by atoms with Crippen molar-refractivity contribution < 1.29 is 4.74 Å². The summed E-state index contributed by atoms with van der Waals surface area (Å²) in [4.78, 5) is 4.43. The van der Waals surface area contributed by atoms with E-state index in [0.29, 0.717) is 0 Å². The van der Waals surface area contributed by atoms with Crippen LogP contribution in [0.15, 0.2) is 21.4 Å². The van der Waals surface area contributed by atoms with E-state index in [1.54, 1.807) is 18.4 Å². The number of methoxy groups -OCH3 is 1. The van der Waals surface area contributed by atoms with Crippen molar-refractivity contribution >= 4 is 27.3 Å². The van der Waals surface area contributed by atoms with Gasteiger partial charge in [0.1, 0.15) is 5.75 Å². The second-order valence-corrected chi connectivity index (χ2v) is 5.78. The third-order valence-electron chi connectivity index (χ3n) is 2.38. The standard InChI is InChI=1S/C12H12BrNOS/c1-7-4-8(2)11(15-3)9(5-7)10-6-16-12(13)14-10/h4-6H,1-3H3. The molecule has 0 atom stereocenters. The smallest absolute Gasteiger partial charge is 0.159 e. The summed E-state index contributed by atoms with van der Waals surface area (Å²) >= 11 is 4.96. The van der Waals surface area contributed by atoms with E-state index in [4.69, 9.17) is 4.74 Å². The van der Waals surface area contributed by atoms with Gasteiger partial charge in [-0.05, 0) is 47.0 Å². The van der Waals surface area contributed by atoms with E-state index >= 15 is 0 Å². The van der Waals surface area contributed by atoms with E-state index in [9.17, 15) is 0 Å². The number of aryl methyl sites for hydroxylation is 2. The van der Waals surface area contributed by atoms with Gasteiger partial charge in [0, 0.05) is 10.9 Å². The number of nitrogens with zero attached hydrogens (tertiary/aromatic N) is 1. The highest BCUT2D eigenvalue weighted by molar-refractivity contribution is 9.11. The van der Waals surface area contributed by atoms with Gasteiger partial charge in [-0.1, -0.05) is 6.07 Å². The Morgan fingerprint density at radius 3 is 2.62 bits per heavy atom. The second-order valence-electron chi connectivity index (χ2n) is 3.65. The number of halogens is 1. The Bertz CT molecular complexity index is 522. The van der Waals surface area contributed by atoms with Crippen LogP contribution in [0.2, 0.25) is 0 Å². The number of benzene rings is 1. The summed E-state index contributed by atoms with van der Waals surface area (Å²) in [5.41, 5.74) is 4.38. The number of rotatable bonds is 2. The molecule has 0 saturated carbocycles. The molecular weight excluding hydrogens is 286 g/mol. The molecule has 0 bridgehead atoms. The minimum atomic E-state index is 0.892. The molecule has 2 aromatic rings. The lowest BCUT2D eigenvalue weighted by molar-refractivity contribution is 0.413. The first-order chi connectivity index (χ1) is 7.61. The monoisotopic (exact) mass is 297 g/mol. The van der Waals surface area contributed by atoms with Crippen molar-refractivity contribution in [2.45, 2.75) is 13.8 Å². The van der Waals surface area contributed by atoms with Crippen LogP contribution in [-0.2, 0) is 0 Å². The fourth-order valence-corrected chi connectivity index (χ4v) is 2.80. The largest absolute Gasteiger partial charge is 0.496 e. The molecule has 0 N–H and O–H groups in total. The fraction of sp³-hybridized carbons (Fsp3) is 0.250. The van der Waals surface area contributed by atoms with Crippen molar-refractivity contribution in [3.05, 3.63) is 32.6 Å². The predicted octanol–water partition coefficient (Wildman–Crippen LogP) is 4.20. The molecule has 1 aromatic carbocycles. The van der Waals surface area contributed by atoms with Gasteiger partial charge in [0.05, 0.1) is 12.8 Å². The van der Waals surface area contributed by atoms with Gasteiger partial charge in [-0.15, -0.1) is 11.3 Å². The Hall–Kier alpha value is -0.870. The summed E-state index contributed by atoms with van der Waals surface area (Å²) in [6.45, 7) is 4.13. The quantitative estimate of drug-likeness (QED) is 0.829. The third-order valence-corrected chi connectivity index (χ3v) is 3.74. The van der Waals surface area contributed by atoms with Crippen LogP contribution in [-0.4, -0.2) is 12.1 Å². The summed E-state index contributed by atoms with van der Waals surface area (Å²) in [5.74, 6) is 0.906. The van der Waals surface area contributed by atoms with E-state index < -0.39 is 0 Å². The maximum absolute atomic E-state index is 5.44. The zero-order valence-electron chi connectivity index (χ0n) is 9.37. The molecule has 0 aliphatic heterocycles. The molecule has 0 radical (unpaired) electrons. The van der Waals surface area contributed by atoms with E-state index in [1.807, 2.05) is 5.38 Å². The highest BCUT2D eigenvalue weighted by Crippen LogP contribution is 2.35. The van der Waals surface area contributed by atoms with Crippen LogP contribution in [0.4, 0.5) is 0 Å². The Morgan fingerprint density at radius 1 is 1.31 bits per heavy atom. The zero-order chi connectivity index (χ0) is 11.7. The number of thiazole rings is 1. The topological polar surface area (TPSA) is 22.1 Å². The first-order valence-electron chi connectivity index (χ1n) is 4.88. The van der Waals surface area contributed by atoms with Gasteiger partial charge >= 0.3 is 0 Å². The highest BCUT2D eigenvalue weighted by atomic mass is 79.9. The Balaban J connectivity index is 2.63. The third kappa shape index (κ3) is 2.13. The van der Waals surface area contributed by atoms with Crippen molar-refractivity contribution in [1.29, 1.82) is 0 Å². The molecule has 16 heavy (non-hydrogen) atoms. The predicted molar refractivity (Wildman–Crippen MR) is 71.3 cm³/mol. The van der Waals surface area contributed by atoms with Crippen LogP contribution in [0.25, 0.3) is 11.3 Å². The molecular formula is C12H12BrNOS. The van der Waals surface area contributed by atoms with Crippen molar-refractivity contribution in [2.24, 2.45) is 0 Å². The fourth-order valence-electron chi connectivity index (χ4n) is 1.79. The highest BCUT2D eigenvalue weighted by Gasteiger charge is 2.12. The molecule has 0 amide bonds. The average Bonchev–Trinajstić information content (AvgIpc) is 2.63. The molecule has 0 aliphatic rings. The average molecular weight is 298 g/mol. The molecule has 2 rings (SSSR count). The Morgan fingerprint density at radius 2 is 2.06 bits per heavy atom. The summed E-state index contributed by atoms with van der Waals surface area (Å²) in [7, 11) is 1.70.